The molecular formula is C15H15BrFN3O3S. The summed E-state index contributed by atoms with van der Waals surface area (Å²) in [4.78, 5) is 23.8. The maximum atomic E-state index is 13.7. The Morgan fingerprint density at radius 1 is 1.38 bits per heavy atom. The van der Waals surface area contributed by atoms with E-state index in [0.717, 1.165) is 11.8 Å². The molecule has 0 aliphatic rings. The second-order valence-corrected chi connectivity index (χ2v) is 7.18. The van der Waals surface area contributed by atoms with Gasteiger partial charge in [0, 0.05) is 10.5 Å². The van der Waals surface area contributed by atoms with Crippen molar-refractivity contribution >= 4 is 51.0 Å². The zero-order chi connectivity index (χ0) is 17.7. The third-order valence-corrected chi connectivity index (χ3v) is 4.55. The molecule has 2 aromatic rings. The van der Waals surface area contributed by atoms with Crippen LogP contribution in [0, 0.1) is 12.7 Å². The van der Waals surface area contributed by atoms with Crippen LogP contribution in [0.4, 0.5) is 15.9 Å². The normalized spacial score (nSPS) is 11.8. The lowest BCUT2D eigenvalue weighted by atomic mass is 10.3. The average Bonchev–Trinajstić information content (AvgIpc) is 2.92. The third-order valence-electron chi connectivity index (χ3n) is 2.92. The van der Waals surface area contributed by atoms with Crippen LogP contribution < -0.4 is 10.6 Å². The molecule has 0 saturated heterocycles. The van der Waals surface area contributed by atoms with Gasteiger partial charge < -0.3 is 15.2 Å². The van der Waals surface area contributed by atoms with E-state index in [4.69, 9.17) is 4.52 Å². The molecule has 1 atom stereocenters. The fourth-order valence-electron chi connectivity index (χ4n) is 1.71. The first-order valence-electron chi connectivity index (χ1n) is 6.96. The number of benzene rings is 1. The molecular weight excluding hydrogens is 401 g/mol. The summed E-state index contributed by atoms with van der Waals surface area (Å²) in [5.41, 5.74) is 0.0963. The van der Waals surface area contributed by atoms with E-state index in [2.05, 4.69) is 31.7 Å². The first kappa shape index (κ1) is 18.5. The third kappa shape index (κ3) is 5.34. The Bertz CT molecular complexity index is 753. The van der Waals surface area contributed by atoms with Crippen molar-refractivity contribution in [2.24, 2.45) is 0 Å². The number of aryl methyl sites for hydroxylation is 1. The molecule has 1 heterocycles. The fraction of sp³-hybridized carbons (Fsp3) is 0.267. The van der Waals surface area contributed by atoms with Crippen LogP contribution in [-0.2, 0) is 9.59 Å². The highest BCUT2D eigenvalue weighted by Crippen LogP contribution is 2.20. The predicted molar refractivity (Wildman–Crippen MR) is 94.5 cm³/mol. The van der Waals surface area contributed by atoms with Gasteiger partial charge in [-0.3, -0.25) is 9.59 Å². The number of thioether (sulfide) groups is 1. The first-order valence-corrected chi connectivity index (χ1v) is 8.80. The number of nitrogens with zero attached hydrogens (tertiary/aromatic N) is 1. The maximum absolute atomic E-state index is 13.7. The van der Waals surface area contributed by atoms with Crippen LogP contribution in [0.25, 0.3) is 0 Å². The molecule has 2 amide bonds. The monoisotopic (exact) mass is 415 g/mol. The Morgan fingerprint density at radius 3 is 2.75 bits per heavy atom. The van der Waals surface area contributed by atoms with Gasteiger partial charge in [-0.05, 0) is 32.0 Å². The van der Waals surface area contributed by atoms with E-state index in [1.165, 1.54) is 12.1 Å². The SMILES string of the molecule is Cc1cc(NC(=O)C(C)SCC(=O)Nc2ccc(Br)cc2F)no1. The van der Waals surface area contributed by atoms with Crippen LogP contribution in [0.15, 0.2) is 33.3 Å². The van der Waals surface area contributed by atoms with E-state index in [0.29, 0.717) is 16.1 Å². The number of rotatable bonds is 6. The van der Waals surface area contributed by atoms with E-state index < -0.39 is 17.0 Å². The van der Waals surface area contributed by atoms with Crippen LogP contribution >= 0.6 is 27.7 Å². The van der Waals surface area contributed by atoms with Gasteiger partial charge >= 0.3 is 0 Å². The van der Waals surface area contributed by atoms with Crippen LogP contribution in [0.2, 0.25) is 0 Å². The lowest BCUT2D eigenvalue weighted by Crippen LogP contribution is -2.25. The highest BCUT2D eigenvalue weighted by atomic mass is 79.9. The number of anilines is 2. The molecule has 0 aliphatic carbocycles. The van der Waals surface area contributed by atoms with Gasteiger partial charge in [-0.15, -0.1) is 11.8 Å². The van der Waals surface area contributed by atoms with Gasteiger partial charge in [0.05, 0.1) is 16.7 Å². The largest absolute Gasteiger partial charge is 0.360 e. The molecule has 1 unspecified atom stereocenters. The molecule has 1 aromatic heterocycles. The van der Waals surface area contributed by atoms with Gasteiger partial charge in [0.25, 0.3) is 0 Å². The molecule has 0 saturated carbocycles. The molecule has 0 aliphatic heterocycles. The summed E-state index contributed by atoms with van der Waals surface area (Å²) in [6.45, 7) is 3.38. The Balaban J connectivity index is 1.81. The molecule has 1 aromatic carbocycles. The second kappa shape index (κ2) is 8.29. The van der Waals surface area contributed by atoms with Crippen LogP contribution in [-0.4, -0.2) is 28.0 Å². The van der Waals surface area contributed by atoms with E-state index in [1.807, 2.05) is 0 Å². The van der Waals surface area contributed by atoms with Crippen molar-refractivity contribution in [3.05, 3.63) is 40.3 Å². The van der Waals surface area contributed by atoms with Crippen molar-refractivity contribution < 1.29 is 18.5 Å². The summed E-state index contributed by atoms with van der Waals surface area (Å²) in [6, 6.07) is 5.95. The lowest BCUT2D eigenvalue weighted by molar-refractivity contribution is -0.115. The summed E-state index contributed by atoms with van der Waals surface area (Å²) < 4.78 is 19.1. The van der Waals surface area contributed by atoms with Crippen molar-refractivity contribution in [1.82, 2.24) is 5.16 Å². The predicted octanol–water partition coefficient (Wildman–Crippen LogP) is 3.58. The lowest BCUT2D eigenvalue weighted by Gasteiger charge is -2.11. The number of aromatic nitrogens is 1. The van der Waals surface area contributed by atoms with Gasteiger partial charge in [-0.25, -0.2) is 4.39 Å². The molecule has 128 valence electrons. The minimum Gasteiger partial charge on any atom is -0.360 e. The summed E-state index contributed by atoms with van der Waals surface area (Å²) in [5, 5.41) is 8.24. The molecule has 24 heavy (non-hydrogen) atoms. The molecule has 0 bridgehead atoms. The Labute approximate surface area is 150 Å². The number of halogens is 2. The van der Waals surface area contributed by atoms with Crippen molar-refractivity contribution in [1.29, 1.82) is 0 Å². The van der Waals surface area contributed by atoms with Crippen molar-refractivity contribution in [2.45, 2.75) is 19.1 Å². The number of amides is 2. The zero-order valence-electron chi connectivity index (χ0n) is 12.9. The number of hydrogen-bond donors (Lipinski definition) is 2. The maximum Gasteiger partial charge on any atom is 0.238 e. The Morgan fingerprint density at radius 2 is 2.12 bits per heavy atom. The standard InChI is InChI=1S/C15H15BrFN3O3S/c1-8-5-13(20-23-8)19-15(22)9(2)24-7-14(21)18-12-4-3-10(16)6-11(12)17/h3-6,9H,7H2,1-2H3,(H,18,21)(H,19,20,22). The molecule has 2 N–H and O–H groups in total. The zero-order valence-corrected chi connectivity index (χ0v) is 15.3. The summed E-state index contributed by atoms with van der Waals surface area (Å²) in [5.74, 6) is -0.293. The van der Waals surface area contributed by atoms with E-state index >= 15 is 0 Å². The smallest absolute Gasteiger partial charge is 0.238 e. The second-order valence-electron chi connectivity index (χ2n) is 4.94. The summed E-state index contributed by atoms with van der Waals surface area (Å²) >= 11 is 4.28. The Hall–Kier alpha value is -1.87. The number of carbonyl (C=O) groups is 2. The quantitative estimate of drug-likeness (QED) is 0.752. The van der Waals surface area contributed by atoms with Gasteiger partial charge in [-0.1, -0.05) is 21.1 Å². The number of hydrogen-bond acceptors (Lipinski definition) is 5. The van der Waals surface area contributed by atoms with Gasteiger partial charge in [0.1, 0.15) is 11.6 Å². The van der Waals surface area contributed by atoms with Crippen molar-refractivity contribution in [3.63, 3.8) is 0 Å². The number of nitrogens with one attached hydrogen (secondary N) is 2. The van der Waals surface area contributed by atoms with E-state index in [1.54, 1.807) is 26.0 Å². The van der Waals surface area contributed by atoms with Crippen LogP contribution in [0.1, 0.15) is 12.7 Å². The van der Waals surface area contributed by atoms with Crippen LogP contribution in [0.3, 0.4) is 0 Å². The van der Waals surface area contributed by atoms with Gasteiger partial charge in [0.15, 0.2) is 5.82 Å². The molecule has 0 fully saturated rings. The minimum atomic E-state index is -0.532. The molecule has 2 rings (SSSR count). The van der Waals surface area contributed by atoms with E-state index in [-0.39, 0.29) is 17.3 Å². The number of carbonyl (C=O) groups excluding carboxylic acids is 2. The topological polar surface area (TPSA) is 84.2 Å². The average molecular weight is 416 g/mol. The highest BCUT2D eigenvalue weighted by Gasteiger charge is 2.17. The minimum absolute atomic E-state index is 0.0158. The van der Waals surface area contributed by atoms with Gasteiger partial charge in [0.2, 0.25) is 11.8 Å². The van der Waals surface area contributed by atoms with Gasteiger partial charge in [-0.2, -0.15) is 0 Å². The molecule has 6 nitrogen and oxygen atoms in total. The molecule has 9 heteroatoms. The highest BCUT2D eigenvalue weighted by molar-refractivity contribution is 9.10. The van der Waals surface area contributed by atoms with Crippen molar-refractivity contribution in [2.75, 3.05) is 16.4 Å². The van der Waals surface area contributed by atoms with E-state index in [9.17, 15) is 14.0 Å². The summed E-state index contributed by atoms with van der Waals surface area (Å²) in [6.07, 6.45) is 0. The Kier molecular flexibility index (Phi) is 6.38. The molecule has 0 spiro atoms. The summed E-state index contributed by atoms with van der Waals surface area (Å²) in [7, 11) is 0. The van der Waals surface area contributed by atoms with Crippen molar-refractivity contribution in [3.8, 4) is 0 Å². The first-order chi connectivity index (χ1) is 11.3. The fourth-order valence-corrected chi connectivity index (χ4v) is 2.72. The molecule has 0 radical (unpaired) electrons. The van der Waals surface area contributed by atoms with Crippen LogP contribution in [0.5, 0.6) is 0 Å².